The summed E-state index contributed by atoms with van der Waals surface area (Å²) in [5.74, 6) is 1.62. The van der Waals surface area contributed by atoms with Gasteiger partial charge in [-0.2, -0.15) is 0 Å². The standard InChI is InChI=1S/C15H26N2O/c1-7-8-18-16-13-9-11-12(14(11,2)3)10-15(13,4)17(5)6/h7,11-12H,1,8-10H2,2-6H3/b16-13-/t11-,12-,15-/m1/s1. The van der Waals surface area contributed by atoms with E-state index in [0.29, 0.717) is 12.0 Å². The molecule has 102 valence electrons. The summed E-state index contributed by atoms with van der Waals surface area (Å²) in [5, 5.41) is 4.39. The molecule has 0 spiro atoms. The van der Waals surface area contributed by atoms with Crippen molar-refractivity contribution in [2.45, 2.75) is 39.2 Å². The van der Waals surface area contributed by atoms with Crippen molar-refractivity contribution in [2.75, 3.05) is 20.7 Å². The molecule has 2 fully saturated rings. The zero-order chi connectivity index (χ0) is 13.6. The number of nitrogens with zero attached hydrogens (tertiary/aromatic N) is 2. The third kappa shape index (κ3) is 1.99. The smallest absolute Gasteiger partial charge is 0.135 e. The molecule has 0 saturated heterocycles. The van der Waals surface area contributed by atoms with E-state index in [0.717, 1.165) is 18.3 Å². The van der Waals surface area contributed by atoms with Crippen molar-refractivity contribution in [1.82, 2.24) is 4.90 Å². The van der Waals surface area contributed by atoms with Crippen molar-refractivity contribution in [3.8, 4) is 0 Å². The Kier molecular flexibility index (Phi) is 3.30. The fourth-order valence-corrected chi connectivity index (χ4v) is 3.39. The van der Waals surface area contributed by atoms with Gasteiger partial charge in [-0.25, -0.2) is 0 Å². The highest BCUT2D eigenvalue weighted by molar-refractivity contribution is 5.94. The summed E-state index contributed by atoms with van der Waals surface area (Å²) in [6.45, 7) is 11.2. The topological polar surface area (TPSA) is 24.8 Å². The summed E-state index contributed by atoms with van der Waals surface area (Å²) in [7, 11) is 4.28. The minimum absolute atomic E-state index is 0.0378. The van der Waals surface area contributed by atoms with Gasteiger partial charge in [0.25, 0.3) is 0 Å². The average molecular weight is 250 g/mol. The molecular formula is C15H26N2O. The quantitative estimate of drug-likeness (QED) is 0.435. The summed E-state index contributed by atoms with van der Waals surface area (Å²) >= 11 is 0. The molecule has 2 rings (SSSR count). The second-order valence-electron chi connectivity index (χ2n) is 6.73. The molecule has 18 heavy (non-hydrogen) atoms. The molecule has 0 aromatic heterocycles. The van der Waals surface area contributed by atoms with Crippen molar-refractivity contribution >= 4 is 5.71 Å². The Balaban J connectivity index is 2.19. The maximum Gasteiger partial charge on any atom is 0.135 e. The predicted octanol–water partition coefficient (Wildman–Crippen LogP) is 2.93. The third-order valence-corrected chi connectivity index (χ3v) is 5.29. The molecular weight excluding hydrogens is 224 g/mol. The molecule has 0 amide bonds. The average Bonchev–Trinajstić information content (AvgIpc) is 2.80. The first-order chi connectivity index (χ1) is 8.34. The number of oxime groups is 1. The molecule has 2 aliphatic carbocycles. The zero-order valence-electron chi connectivity index (χ0n) is 12.4. The van der Waals surface area contributed by atoms with Crippen LogP contribution in [-0.2, 0) is 4.84 Å². The lowest BCUT2D eigenvalue weighted by molar-refractivity contribution is 0.153. The fourth-order valence-electron chi connectivity index (χ4n) is 3.39. The van der Waals surface area contributed by atoms with Crippen molar-refractivity contribution in [2.24, 2.45) is 22.4 Å². The normalized spacial score (nSPS) is 39.6. The molecule has 0 heterocycles. The Labute approximate surface area is 111 Å². The van der Waals surface area contributed by atoms with Crippen LogP contribution in [0.1, 0.15) is 33.6 Å². The van der Waals surface area contributed by atoms with E-state index < -0.39 is 0 Å². The van der Waals surface area contributed by atoms with Crippen molar-refractivity contribution in [3.63, 3.8) is 0 Å². The lowest BCUT2D eigenvalue weighted by Crippen LogP contribution is -2.51. The molecule has 0 bridgehead atoms. The maximum atomic E-state index is 5.35. The first kappa shape index (κ1) is 13.6. The van der Waals surface area contributed by atoms with Crippen LogP contribution in [-0.4, -0.2) is 36.9 Å². The van der Waals surface area contributed by atoms with Gasteiger partial charge in [0, 0.05) is 0 Å². The highest BCUT2D eigenvalue weighted by atomic mass is 16.6. The molecule has 3 atom stereocenters. The predicted molar refractivity (Wildman–Crippen MR) is 75.7 cm³/mol. The number of hydrogen-bond acceptors (Lipinski definition) is 3. The Morgan fingerprint density at radius 2 is 2.06 bits per heavy atom. The van der Waals surface area contributed by atoms with Gasteiger partial charge in [-0.05, 0) is 51.1 Å². The van der Waals surface area contributed by atoms with E-state index in [9.17, 15) is 0 Å². The summed E-state index contributed by atoms with van der Waals surface area (Å²) in [4.78, 5) is 7.63. The van der Waals surface area contributed by atoms with Crippen LogP contribution in [0, 0.1) is 17.3 Å². The van der Waals surface area contributed by atoms with E-state index in [2.05, 4.69) is 51.5 Å². The molecule has 3 nitrogen and oxygen atoms in total. The number of fused-ring (bicyclic) bond motifs is 1. The number of hydrogen-bond donors (Lipinski definition) is 0. The van der Waals surface area contributed by atoms with Crippen LogP contribution in [0.15, 0.2) is 17.8 Å². The van der Waals surface area contributed by atoms with Crippen LogP contribution in [0.25, 0.3) is 0 Å². The van der Waals surface area contributed by atoms with E-state index in [-0.39, 0.29) is 5.54 Å². The van der Waals surface area contributed by atoms with Crippen molar-refractivity contribution in [1.29, 1.82) is 0 Å². The molecule has 0 aliphatic heterocycles. The monoisotopic (exact) mass is 250 g/mol. The molecule has 0 unspecified atom stereocenters. The van der Waals surface area contributed by atoms with Crippen molar-refractivity contribution < 1.29 is 4.84 Å². The van der Waals surface area contributed by atoms with E-state index in [1.807, 2.05) is 0 Å². The first-order valence-corrected chi connectivity index (χ1v) is 6.81. The second kappa shape index (κ2) is 4.37. The largest absolute Gasteiger partial charge is 0.392 e. The van der Waals surface area contributed by atoms with Gasteiger partial charge in [0.05, 0.1) is 11.3 Å². The van der Waals surface area contributed by atoms with E-state index in [4.69, 9.17) is 4.84 Å². The summed E-state index contributed by atoms with van der Waals surface area (Å²) in [5.41, 5.74) is 1.71. The van der Waals surface area contributed by atoms with Crippen LogP contribution < -0.4 is 0 Å². The van der Waals surface area contributed by atoms with Gasteiger partial charge in [0.1, 0.15) is 6.61 Å². The summed E-state index contributed by atoms with van der Waals surface area (Å²) in [6.07, 6.45) is 4.00. The Morgan fingerprint density at radius 3 is 2.61 bits per heavy atom. The SMILES string of the molecule is C=CCO/N=C1/C[C@@H]2[C@@H](C[C@@]1(C)N(C)C)C2(C)C. The van der Waals surface area contributed by atoms with E-state index >= 15 is 0 Å². The van der Waals surface area contributed by atoms with Gasteiger partial charge < -0.3 is 4.84 Å². The minimum atomic E-state index is 0.0378. The van der Waals surface area contributed by atoms with Gasteiger partial charge in [-0.15, -0.1) is 0 Å². The van der Waals surface area contributed by atoms with E-state index in [1.165, 1.54) is 12.1 Å². The lowest BCUT2D eigenvalue weighted by Gasteiger charge is -2.40. The highest BCUT2D eigenvalue weighted by Crippen LogP contribution is 2.66. The van der Waals surface area contributed by atoms with Crippen LogP contribution in [0.5, 0.6) is 0 Å². The fraction of sp³-hybridized carbons (Fsp3) is 0.800. The van der Waals surface area contributed by atoms with Crippen LogP contribution in [0.3, 0.4) is 0 Å². The summed E-state index contributed by atoms with van der Waals surface area (Å²) in [6, 6.07) is 0. The molecule has 2 aliphatic rings. The van der Waals surface area contributed by atoms with Gasteiger partial charge in [-0.3, -0.25) is 4.90 Å². The lowest BCUT2D eigenvalue weighted by atomic mass is 9.80. The zero-order valence-corrected chi connectivity index (χ0v) is 12.4. The Bertz CT molecular complexity index is 373. The summed E-state index contributed by atoms with van der Waals surface area (Å²) < 4.78 is 0. The van der Waals surface area contributed by atoms with Crippen LogP contribution in [0.4, 0.5) is 0 Å². The molecule has 0 aromatic rings. The minimum Gasteiger partial charge on any atom is -0.392 e. The molecule has 0 aromatic carbocycles. The molecule has 2 saturated carbocycles. The van der Waals surface area contributed by atoms with Gasteiger partial charge in [0.15, 0.2) is 0 Å². The van der Waals surface area contributed by atoms with Crippen molar-refractivity contribution in [3.05, 3.63) is 12.7 Å². The van der Waals surface area contributed by atoms with Crippen LogP contribution in [0.2, 0.25) is 0 Å². The van der Waals surface area contributed by atoms with E-state index in [1.54, 1.807) is 6.08 Å². The maximum absolute atomic E-state index is 5.35. The Morgan fingerprint density at radius 1 is 1.39 bits per heavy atom. The highest BCUT2D eigenvalue weighted by Gasteiger charge is 2.63. The van der Waals surface area contributed by atoms with Gasteiger partial charge >= 0.3 is 0 Å². The molecule has 3 heteroatoms. The Hall–Kier alpha value is -0.830. The van der Waals surface area contributed by atoms with Gasteiger partial charge in [0.2, 0.25) is 0 Å². The van der Waals surface area contributed by atoms with Gasteiger partial charge in [-0.1, -0.05) is 31.7 Å². The first-order valence-electron chi connectivity index (χ1n) is 6.81. The van der Waals surface area contributed by atoms with Crippen LogP contribution >= 0.6 is 0 Å². The molecule has 0 radical (unpaired) electrons. The third-order valence-electron chi connectivity index (χ3n) is 5.29. The second-order valence-corrected chi connectivity index (χ2v) is 6.73. The number of rotatable bonds is 4. The molecule has 0 N–H and O–H groups in total.